The molecule has 0 radical (unpaired) electrons. The van der Waals surface area contributed by atoms with Gasteiger partial charge >= 0.3 is 0 Å². The Bertz CT molecular complexity index is 872. The number of aryl methyl sites for hydroxylation is 1. The van der Waals surface area contributed by atoms with E-state index in [2.05, 4.69) is 57.3 Å². The average Bonchev–Trinajstić information content (AvgIpc) is 2.62. The predicted molar refractivity (Wildman–Crippen MR) is 100 cm³/mol. The fourth-order valence-corrected chi connectivity index (χ4v) is 3.53. The van der Waals surface area contributed by atoms with Gasteiger partial charge in [-0.25, -0.2) is 0 Å². The van der Waals surface area contributed by atoms with Gasteiger partial charge in [0.05, 0.1) is 16.9 Å². The number of aromatic nitrogens is 2. The molecule has 0 amide bonds. The molecule has 0 unspecified atom stereocenters. The van der Waals surface area contributed by atoms with Crippen LogP contribution in [0.2, 0.25) is 5.02 Å². The number of rotatable bonds is 2. The Hall–Kier alpha value is -2.33. The SMILES string of the molecule is Cc1cccc(N2CCN(c3cnnc4c(Cl)cccc34)CC2)c1. The third-order valence-corrected chi connectivity index (χ3v) is 4.89. The van der Waals surface area contributed by atoms with Crippen LogP contribution >= 0.6 is 11.6 Å². The van der Waals surface area contributed by atoms with Crippen LogP contribution in [-0.2, 0) is 0 Å². The summed E-state index contributed by atoms with van der Waals surface area (Å²) >= 11 is 6.26. The molecule has 0 saturated carbocycles. The highest BCUT2D eigenvalue weighted by atomic mass is 35.5. The maximum absolute atomic E-state index is 6.26. The lowest BCUT2D eigenvalue weighted by Gasteiger charge is -2.37. The molecule has 5 heteroatoms. The van der Waals surface area contributed by atoms with E-state index < -0.39 is 0 Å². The van der Waals surface area contributed by atoms with Crippen LogP contribution in [0.3, 0.4) is 0 Å². The van der Waals surface area contributed by atoms with Gasteiger partial charge in [-0.2, -0.15) is 5.10 Å². The van der Waals surface area contributed by atoms with Crippen molar-refractivity contribution in [3.05, 3.63) is 59.2 Å². The van der Waals surface area contributed by atoms with E-state index in [4.69, 9.17) is 11.6 Å². The standard InChI is InChI=1S/C19H19ClN4/c1-14-4-2-5-15(12-14)23-8-10-24(11-9-23)18-13-21-22-19-16(18)6-3-7-17(19)20/h2-7,12-13H,8-11H2,1H3. The molecule has 2 aromatic carbocycles. The molecular weight excluding hydrogens is 320 g/mol. The second-order valence-corrected chi connectivity index (χ2v) is 6.59. The van der Waals surface area contributed by atoms with Gasteiger partial charge in [-0.15, -0.1) is 5.10 Å². The van der Waals surface area contributed by atoms with Crippen LogP contribution in [0.15, 0.2) is 48.7 Å². The number of hydrogen-bond donors (Lipinski definition) is 0. The maximum atomic E-state index is 6.26. The molecule has 1 fully saturated rings. The van der Waals surface area contributed by atoms with E-state index >= 15 is 0 Å². The summed E-state index contributed by atoms with van der Waals surface area (Å²) in [6.07, 6.45) is 1.85. The van der Waals surface area contributed by atoms with Crippen LogP contribution in [0.1, 0.15) is 5.56 Å². The van der Waals surface area contributed by atoms with E-state index in [1.165, 1.54) is 11.3 Å². The van der Waals surface area contributed by atoms with Gasteiger partial charge in [-0.3, -0.25) is 0 Å². The summed E-state index contributed by atoms with van der Waals surface area (Å²) in [6.45, 7) is 6.04. The van der Waals surface area contributed by atoms with E-state index in [0.29, 0.717) is 5.02 Å². The van der Waals surface area contributed by atoms with Gasteiger partial charge in [0.25, 0.3) is 0 Å². The molecule has 0 atom stereocenters. The molecule has 2 heterocycles. The number of fused-ring (bicyclic) bond motifs is 1. The number of halogens is 1. The second-order valence-electron chi connectivity index (χ2n) is 6.18. The number of hydrogen-bond acceptors (Lipinski definition) is 4. The van der Waals surface area contributed by atoms with Crippen molar-refractivity contribution in [1.82, 2.24) is 10.2 Å². The first-order valence-electron chi connectivity index (χ1n) is 8.19. The molecule has 24 heavy (non-hydrogen) atoms. The minimum absolute atomic E-state index is 0.653. The molecule has 4 nitrogen and oxygen atoms in total. The molecule has 4 rings (SSSR count). The zero-order valence-electron chi connectivity index (χ0n) is 13.6. The summed E-state index contributed by atoms with van der Waals surface area (Å²) in [5.74, 6) is 0. The van der Waals surface area contributed by atoms with E-state index in [-0.39, 0.29) is 0 Å². The van der Waals surface area contributed by atoms with Crippen LogP contribution in [0, 0.1) is 6.92 Å². The normalized spacial score (nSPS) is 15.1. The Morgan fingerprint density at radius 3 is 2.50 bits per heavy atom. The molecule has 1 aliphatic rings. The predicted octanol–water partition coefficient (Wildman–Crippen LogP) is 3.92. The highest BCUT2D eigenvalue weighted by molar-refractivity contribution is 6.35. The van der Waals surface area contributed by atoms with Crippen LogP contribution in [0.25, 0.3) is 10.9 Å². The third-order valence-electron chi connectivity index (χ3n) is 4.59. The van der Waals surface area contributed by atoms with Crippen molar-refractivity contribution in [2.24, 2.45) is 0 Å². The highest BCUT2D eigenvalue weighted by Gasteiger charge is 2.20. The van der Waals surface area contributed by atoms with Crippen molar-refractivity contribution in [2.45, 2.75) is 6.92 Å². The van der Waals surface area contributed by atoms with Gasteiger partial charge in [-0.05, 0) is 30.7 Å². The molecule has 0 aliphatic carbocycles. The van der Waals surface area contributed by atoms with Crippen molar-refractivity contribution in [1.29, 1.82) is 0 Å². The lowest BCUT2D eigenvalue weighted by molar-refractivity contribution is 0.653. The Kier molecular flexibility index (Phi) is 3.98. The molecular formula is C19H19ClN4. The minimum Gasteiger partial charge on any atom is -0.368 e. The Morgan fingerprint density at radius 1 is 0.958 bits per heavy atom. The van der Waals surface area contributed by atoms with Crippen molar-refractivity contribution in [2.75, 3.05) is 36.0 Å². The quantitative estimate of drug-likeness (QED) is 0.709. The smallest absolute Gasteiger partial charge is 0.114 e. The Morgan fingerprint density at radius 2 is 1.71 bits per heavy atom. The largest absolute Gasteiger partial charge is 0.368 e. The lowest BCUT2D eigenvalue weighted by atomic mass is 10.1. The molecule has 0 bridgehead atoms. The Labute approximate surface area is 146 Å². The van der Waals surface area contributed by atoms with Crippen molar-refractivity contribution in [3.63, 3.8) is 0 Å². The van der Waals surface area contributed by atoms with Crippen LogP contribution < -0.4 is 9.80 Å². The zero-order valence-corrected chi connectivity index (χ0v) is 14.4. The molecule has 0 spiro atoms. The van der Waals surface area contributed by atoms with Crippen LogP contribution in [-0.4, -0.2) is 36.4 Å². The average molecular weight is 339 g/mol. The number of benzene rings is 2. The molecule has 0 N–H and O–H groups in total. The van der Waals surface area contributed by atoms with Crippen LogP contribution in [0.5, 0.6) is 0 Å². The van der Waals surface area contributed by atoms with Crippen molar-refractivity contribution < 1.29 is 0 Å². The topological polar surface area (TPSA) is 32.3 Å². The van der Waals surface area contributed by atoms with Gasteiger partial charge in [0.1, 0.15) is 5.52 Å². The van der Waals surface area contributed by atoms with E-state index in [0.717, 1.165) is 42.8 Å². The summed E-state index contributed by atoms with van der Waals surface area (Å²) in [5.41, 5.74) is 4.49. The minimum atomic E-state index is 0.653. The molecule has 3 aromatic rings. The number of piperazine rings is 1. The monoisotopic (exact) mass is 338 g/mol. The maximum Gasteiger partial charge on any atom is 0.114 e. The van der Waals surface area contributed by atoms with E-state index in [1.54, 1.807) is 0 Å². The summed E-state index contributed by atoms with van der Waals surface area (Å²) in [5, 5.41) is 10.1. The first-order chi connectivity index (χ1) is 11.7. The van der Waals surface area contributed by atoms with Gasteiger partial charge < -0.3 is 9.80 Å². The molecule has 1 aliphatic heterocycles. The summed E-state index contributed by atoms with van der Waals surface area (Å²) in [6, 6.07) is 14.6. The van der Waals surface area contributed by atoms with Crippen LogP contribution in [0.4, 0.5) is 11.4 Å². The van der Waals surface area contributed by atoms with Gasteiger partial charge in [0.2, 0.25) is 0 Å². The van der Waals surface area contributed by atoms with Gasteiger partial charge in [0.15, 0.2) is 0 Å². The lowest BCUT2D eigenvalue weighted by Crippen LogP contribution is -2.46. The summed E-state index contributed by atoms with van der Waals surface area (Å²) < 4.78 is 0. The fraction of sp³-hybridized carbons (Fsp3) is 0.263. The molecule has 122 valence electrons. The van der Waals surface area contributed by atoms with E-state index in [1.807, 2.05) is 18.3 Å². The van der Waals surface area contributed by atoms with Crippen molar-refractivity contribution >= 4 is 33.9 Å². The first-order valence-corrected chi connectivity index (χ1v) is 8.56. The van der Waals surface area contributed by atoms with E-state index in [9.17, 15) is 0 Å². The highest BCUT2D eigenvalue weighted by Crippen LogP contribution is 2.30. The Balaban J connectivity index is 1.57. The molecule has 1 aromatic heterocycles. The fourth-order valence-electron chi connectivity index (χ4n) is 3.32. The summed E-state index contributed by atoms with van der Waals surface area (Å²) in [7, 11) is 0. The third kappa shape index (κ3) is 2.78. The zero-order chi connectivity index (χ0) is 16.5. The first kappa shape index (κ1) is 15.2. The van der Waals surface area contributed by atoms with Gasteiger partial charge in [0, 0.05) is 37.3 Å². The molecule has 1 saturated heterocycles. The second kappa shape index (κ2) is 6.29. The number of anilines is 2. The number of nitrogens with zero attached hydrogens (tertiary/aromatic N) is 4. The summed E-state index contributed by atoms with van der Waals surface area (Å²) in [4.78, 5) is 4.81. The van der Waals surface area contributed by atoms with Crippen molar-refractivity contribution in [3.8, 4) is 0 Å². The van der Waals surface area contributed by atoms with Gasteiger partial charge in [-0.1, -0.05) is 35.9 Å².